The average Bonchev–Trinajstić information content (AvgIpc) is 3.81. The maximum Gasteiger partial charge on any atom is 0.305 e. The first kappa shape index (κ1) is 30.9. The van der Waals surface area contributed by atoms with E-state index < -0.39 is 17.7 Å². The number of hydrogen-bond acceptors (Lipinski definition) is 8. The minimum absolute atomic E-state index is 0.00810. The molecular formula is C36H32FN3O6S2. The average molecular weight is 686 g/mol. The molecule has 7 atom stereocenters. The number of ether oxygens (including phenoxy) is 2. The second-order valence-corrected chi connectivity index (χ2v) is 14.9. The van der Waals surface area contributed by atoms with Crippen LogP contribution in [0.2, 0.25) is 0 Å². The standard InChI is InChI=1S/C36H32FN3O6S2/c1-3-45-25-14-18(8-13-24(25)46-16-26(41)38-23-7-5-4-6-17(23)2)27-28-21-15-22(31(28)47-33-32(27)48-36(44)39-33)30-29(21)34(42)40(35(30)43)20-11-9-19(37)10-12-20/h4-14,21-22,27-31H,3,15-16H2,1-2H3,(H,38,41)(H,39,44)/t21-,22-,27+,28-,29+,30+,31-/m1/s1. The Labute approximate surface area is 283 Å². The predicted molar refractivity (Wildman–Crippen MR) is 180 cm³/mol. The number of rotatable bonds is 8. The maximum atomic E-state index is 14.0. The van der Waals surface area contributed by atoms with E-state index in [1.807, 2.05) is 50.2 Å². The van der Waals surface area contributed by atoms with Gasteiger partial charge in [0.05, 0.1) is 29.2 Å². The molecule has 4 aliphatic rings. The number of para-hydroxylation sites is 1. The molecule has 2 aliphatic heterocycles. The number of thioether (sulfide) groups is 1. The summed E-state index contributed by atoms with van der Waals surface area (Å²) in [5.41, 5.74) is 2.96. The lowest BCUT2D eigenvalue weighted by atomic mass is 9.68. The second-order valence-electron chi connectivity index (χ2n) is 12.7. The number of halogens is 1. The molecule has 246 valence electrons. The zero-order valence-electron chi connectivity index (χ0n) is 26.1. The van der Waals surface area contributed by atoms with Gasteiger partial charge >= 0.3 is 4.87 Å². The van der Waals surface area contributed by atoms with Crippen molar-refractivity contribution in [2.75, 3.05) is 23.4 Å². The van der Waals surface area contributed by atoms with Gasteiger partial charge in [-0.25, -0.2) is 4.39 Å². The molecule has 3 heterocycles. The number of thiazole rings is 1. The van der Waals surface area contributed by atoms with Crippen molar-refractivity contribution in [2.24, 2.45) is 29.6 Å². The minimum atomic E-state index is -0.477. The van der Waals surface area contributed by atoms with Crippen LogP contribution in [0.3, 0.4) is 0 Å². The monoisotopic (exact) mass is 685 g/mol. The van der Waals surface area contributed by atoms with Crippen molar-refractivity contribution in [1.29, 1.82) is 0 Å². The highest BCUT2D eigenvalue weighted by Gasteiger charge is 2.69. The number of nitrogens with zero attached hydrogens (tertiary/aromatic N) is 1. The van der Waals surface area contributed by atoms with Gasteiger partial charge in [-0.15, -0.1) is 11.8 Å². The summed E-state index contributed by atoms with van der Waals surface area (Å²) < 4.78 is 25.7. The highest BCUT2D eigenvalue weighted by atomic mass is 32.2. The number of fused-ring (bicyclic) bond motifs is 9. The van der Waals surface area contributed by atoms with E-state index in [0.29, 0.717) is 29.5 Å². The van der Waals surface area contributed by atoms with Crippen LogP contribution in [0.25, 0.3) is 0 Å². The third-order valence-electron chi connectivity index (χ3n) is 10.2. The molecule has 3 aromatic carbocycles. The van der Waals surface area contributed by atoms with Crippen LogP contribution in [-0.2, 0) is 14.4 Å². The van der Waals surface area contributed by atoms with E-state index in [4.69, 9.17) is 9.47 Å². The van der Waals surface area contributed by atoms with Gasteiger partial charge in [0.15, 0.2) is 18.1 Å². The fraction of sp³-hybridized carbons (Fsp3) is 0.333. The van der Waals surface area contributed by atoms with Crippen LogP contribution in [-0.4, -0.2) is 41.2 Å². The molecular weight excluding hydrogens is 654 g/mol. The van der Waals surface area contributed by atoms with Crippen molar-refractivity contribution in [3.05, 3.63) is 98.2 Å². The molecule has 0 radical (unpaired) electrons. The van der Waals surface area contributed by atoms with Gasteiger partial charge in [-0.3, -0.25) is 24.1 Å². The van der Waals surface area contributed by atoms with Crippen LogP contribution in [0.4, 0.5) is 15.8 Å². The number of aromatic nitrogens is 1. The molecule has 1 aromatic heterocycles. The zero-order chi connectivity index (χ0) is 33.3. The van der Waals surface area contributed by atoms with Crippen molar-refractivity contribution < 1.29 is 28.2 Å². The minimum Gasteiger partial charge on any atom is -0.490 e. The molecule has 8 rings (SSSR count). The molecule has 2 saturated carbocycles. The number of nitrogens with one attached hydrogen (secondary N) is 2. The first-order valence-corrected chi connectivity index (χ1v) is 17.7. The molecule has 1 saturated heterocycles. The number of amides is 3. The number of anilines is 2. The lowest BCUT2D eigenvalue weighted by Crippen LogP contribution is -2.42. The maximum absolute atomic E-state index is 14.0. The Hall–Kier alpha value is -4.42. The van der Waals surface area contributed by atoms with Crippen LogP contribution in [0.1, 0.15) is 35.3 Å². The lowest BCUT2D eigenvalue weighted by Gasteiger charge is -2.43. The van der Waals surface area contributed by atoms with Crippen LogP contribution in [0, 0.1) is 42.3 Å². The van der Waals surface area contributed by atoms with E-state index in [1.54, 1.807) is 17.8 Å². The summed E-state index contributed by atoms with van der Waals surface area (Å²) in [5, 5.41) is 3.70. The van der Waals surface area contributed by atoms with Gasteiger partial charge in [-0.05, 0) is 91.6 Å². The van der Waals surface area contributed by atoms with Crippen LogP contribution < -0.4 is 24.6 Å². The fourth-order valence-corrected chi connectivity index (χ4v) is 11.3. The quantitative estimate of drug-likeness (QED) is 0.219. The Kier molecular flexibility index (Phi) is 7.67. The number of H-pyrrole nitrogens is 1. The SMILES string of the molecule is CCOc1cc([C@@H]2c3sc(=O)[nH]c3S[C@@H]3[C@@H]4C[C@@H]([C@@H]5C(=O)N(c6ccc(F)cc6)C(=O)[C@@H]45)[C@H]23)ccc1OCC(=O)Nc1ccccc1C. The van der Waals surface area contributed by atoms with E-state index in [0.717, 1.165) is 27.5 Å². The van der Waals surface area contributed by atoms with Crippen molar-refractivity contribution >= 4 is 52.2 Å². The van der Waals surface area contributed by atoms with E-state index in [9.17, 15) is 23.6 Å². The molecule has 4 aromatic rings. The van der Waals surface area contributed by atoms with E-state index >= 15 is 0 Å². The summed E-state index contributed by atoms with van der Waals surface area (Å²) in [5.74, 6) is -1.57. The largest absolute Gasteiger partial charge is 0.490 e. The van der Waals surface area contributed by atoms with E-state index in [2.05, 4.69) is 10.3 Å². The smallest absolute Gasteiger partial charge is 0.305 e. The molecule has 9 nitrogen and oxygen atoms in total. The zero-order valence-corrected chi connectivity index (χ0v) is 27.7. The number of carbonyl (C=O) groups excluding carboxylic acids is 3. The normalized spacial score (nSPS) is 26.6. The van der Waals surface area contributed by atoms with Gasteiger partial charge in [0.2, 0.25) is 11.8 Å². The number of aryl methyl sites for hydroxylation is 1. The molecule has 3 amide bonds. The lowest BCUT2D eigenvalue weighted by molar-refractivity contribution is -0.123. The van der Waals surface area contributed by atoms with E-state index in [1.165, 1.54) is 40.5 Å². The topological polar surface area (TPSA) is 118 Å². The van der Waals surface area contributed by atoms with Crippen molar-refractivity contribution in [3.63, 3.8) is 0 Å². The number of hydrogen-bond donors (Lipinski definition) is 2. The Balaban J connectivity index is 1.10. The molecule has 0 spiro atoms. The van der Waals surface area contributed by atoms with Crippen molar-refractivity contribution in [1.82, 2.24) is 4.98 Å². The van der Waals surface area contributed by atoms with Crippen LogP contribution in [0.15, 0.2) is 76.6 Å². The molecule has 2 N–H and O–H groups in total. The third kappa shape index (κ3) is 4.95. The Bertz CT molecular complexity index is 2010. The van der Waals surface area contributed by atoms with Crippen molar-refractivity contribution in [2.45, 2.75) is 36.5 Å². The number of aromatic amines is 1. The molecule has 2 aliphatic carbocycles. The summed E-state index contributed by atoms with van der Waals surface area (Å²) in [7, 11) is 0. The van der Waals surface area contributed by atoms with E-state index in [-0.39, 0.29) is 58.1 Å². The predicted octanol–water partition coefficient (Wildman–Crippen LogP) is 5.98. The van der Waals surface area contributed by atoms with Gasteiger partial charge in [0.1, 0.15) is 5.82 Å². The van der Waals surface area contributed by atoms with Crippen molar-refractivity contribution in [3.8, 4) is 11.5 Å². The third-order valence-corrected chi connectivity index (χ3v) is 12.8. The van der Waals surface area contributed by atoms with Gasteiger partial charge < -0.3 is 19.8 Å². The van der Waals surface area contributed by atoms with Crippen LogP contribution in [0.5, 0.6) is 11.5 Å². The fourth-order valence-electron chi connectivity index (χ4n) is 8.38. The number of carbonyl (C=O) groups is 3. The highest BCUT2D eigenvalue weighted by molar-refractivity contribution is 8.00. The second kappa shape index (κ2) is 11.9. The summed E-state index contributed by atoms with van der Waals surface area (Å²) in [6.07, 6.45) is 0.748. The number of benzene rings is 3. The Morgan fingerprint density at radius 1 is 0.979 bits per heavy atom. The van der Waals surface area contributed by atoms with Gasteiger partial charge in [-0.2, -0.15) is 0 Å². The van der Waals surface area contributed by atoms with Gasteiger partial charge in [0.25, 0.3) is 5.91 Å². The highest BCUT2D eigenvalue weighted by Crippen LogP contribution is 2.68. The molecule has 12 heteroatoms. The molecule has 3 fully saturated rings. The summed E-state index contributed by atoms with van der Waals surface area (Å²) in [6, 6.07) is 18.6. The summed E-state index contributed by atoms with van der Waals surface area (Å²) in [6.45, 7) is 3.95. The van der Waals surface area contributed by atoms with Gasteiger partial charge in [0, 0.05) is 21.7 Å². The Morgan fingerprint density at radius 3 is 2.48 bits per heavy atom. The molecule has 2 bridgehead atoms. The summed E-state index contributed by atoms with van der Waals surface area (Å²) >= 11 is 2.79. The molecule has 0 unspecified atom stereocenters. The number of imide groups is 1. The molecule has 48 heavy (non-hydrogen) atoms. The first-order valence-electron chi connectivity index (χ1n) is 16.0. The summed E-state index contributed by atoms with van der Waals surface area (Å²) in [4.78, 5) is 58.3. The van der Waals surface area contributed by atoms with Gasteiger partial charge in [-0.1, -0.05) is 35.6 Å². The van der Waals surface area contributed by atoms with Crippen LogP contribution >= 0.6 is 23.1 Å². The Morgan fingerprint density at radius 2 is 1.73 bits per heavy atom. The first-order chi connectivity index (χ1) is 23.2.